The summed E-state index contributed by atoms with van der Waals surface area (Å²) in [5.41, 5.74) is 0. The highest BCUT2D eigenvalue weighted by atomic mass is 16.4. The maximum absolute atomic E-state index is 10.3. The van der Waals surface area contributed by atoms with E-state index in [9.17, 15) is 4.79 Å². The summed E-state index contributed by atoms with van der Waals surface area (Å²) in [7, 11) is 1.83. The van der Waals surface area contributed by atoms with Gasteiger partial charge in [-0.1, -0.05) is 13.8 Å². The second kappa shape index (κ2) is 4.34. The zero-order chi connectivity index (χ0) is 9.02. The predicted molar refractivity (Wildman–Crippen MR) is 44.6 cm³/mol. The first-order valence-electron chi connectivity index (χ1n) is 3.87. The van der Waals surface area contributed by atoms with Crippen molar-refractivity contribution in [2.45, 2.75) is 26.8 Å². The fourth-order valence-electron chi connectivity index (χ4n) is 0.866. The molecular weight excluding hydrogens is 142 g/mol. The van der Waals surface area contributed by atoms with Gasteiger partial charge in [-0.2, -0.15) is 0 Å². The van der Waals surface area contributed by atoms with E-state index in [2.05, 4.69) is 13.8 Å². The van der Waals surface area contributed by atoms with E-state index in [-0.39, 0.29) is 6.54 Å². The standard InChI is InChI=1S/C8H17NO2/c1-6(2)7(3)9(4)5-8(10)11/h6-7H,5H2,1-4H3,(H,10,11). The molecule has 0 spiro atoms. The van der Waals surface area contributed by atoms with Gasteiger partial charge in [0.2, 0.25) is 0 Å². The van der Waals surface area contributed by atoms with Gasteiger partial charge in [-0.05, 0) is 19.9 Å². The molecule has 0 heterocycles. The molecule has 1 atom stereocenters. The van der Waals surface area contributed by atoms with E-state index in [1.165, 1.54) is 0 Å². The van der Waals surface area contributed by atoms with Crippen LogP contribution in [-0.2, 0) is 4.79 Å². The van der Waals surface area contributed by atoms with Crippen LogP contribution in [0.5, 0.6) is 0 Å². The maximum atomic E-state index is 10.3. The Kier molecular flexibility index (Phi) is 4.11. The highest BCUT2D eigenvalue weighted by Crippen LogP contribution is 2.06. The van der Waals surface area contributed by atoms with Crippen molar-refractivity contribution < 1.29 is 9.90 Å². The van der Waals surface area contributed by atoms with Crippen molar-refractivity contribution in [1.82, 2.24) is 4.90 Å². The largest absolute Gasteiger partial charge is 0.480 e. The van der Waals surface area contributed by atoms with Gasteiger partial charge in [0.1, 0.15) is 0 Å². The van der Waals surface area contributed by atoms with Crippen molar-refractivity contribution in [2.75, 3.05) is 13.6 Å². The molecule has 0 saturated carbocycles. The Hall–Kier alpha value is -0.570. The minimum atomic E-state index is -0.764. The number of carboxylic acid groups (broad SMARTS) is 1. The van der Waals surface area contributed by atoms with E-state index in [0.717, 1.165) is 0 Å². The average Bonchev–Trinajstić information content (AvgIpc) is 1.84. The lowest BCUT2D eigenvalue weighted by molar-refractivity contribution is -0.138. The van der Waals surface area contributed by atoms with E-state index in [1.54, 1.807) is 0 Å². The minimum Gasteiger partial charge on any atom is -0.480 e. The van der Waals surface area contributed by atoms with Crippen LogP contribution in [0.3, 0.4) is 0 Å². The molecule has 3 nitrogen and oxygen atoms in total. The van der Waals surface area contributed by atoms with Gasteiger partial charge in [0.05, 0.1) is 6.54 Å². The van der Waals surface area contributed by atoms with Gasteiger partial charge >= 0.3 is 5.97 Å². The molecule has 0 rings (SSSR count). The lowest BCUT2D eigenvalue weighted by Gasteiger charge is -2.25. The molecule has 3 heteroatoms. The fraction of sp³-hybridized carbons (Fsp3) is 0.875. The number of likely N-dealkylation sites (N-methyl/N-ethyl adjacent to an activating group) is 1. The Morgan fingerprint density at radius 2 is 1.91 bits per heavy atom. The molecule has 0 aromatic carbocycles. The number of hydrogen-bond donors (Lipinski definition) is 1. The number of aliphatic carboxylic acids is 1. The van der Waals surface area contributed by atoms with Crippen LogP contribution in [-0.4, -0.2) is 35.6 Å². The highest BCUT2D eigenvalue weighted by molar-refractivity contribution is 5.69. The van der Waals surface area contributed by atoms with E-state index in [4.69, 9.17) is 5.11 Å². The van der Waals surface area contributed by atoms with Crippen LogP contribution in [0.1, 0.15) is 20.8 Å². The quantitative estimate of drug-likeness (QED) is 0.666. The second-order valence-electron chi connectivity index (χ2n) is 3.29. The van der Waals surface area contributed by atoms with E-state index in [0.29, 0.717) is 12.0 Å². The summed E-state index contributed by atoms with van der Waals surface area (Å²) in [6, 6.07) is 0.325. The van der Waals surface area contributed by atoms with Gasteiger partial charge in [-0.15, -0.1) is 0 Å². The first-order valence-corrected chi connectivity index (χ1v) is 3.87. The molecule has 0 saturated heterocycles. The number of carbonyl (C=O) groups is 1. The Morgan fingerprint density at radius 3 is 2.18 bits per heavy atom. The first kappa shape index (κ1) is 10.4. The number of hydrogen-bond acceptors (Lipinski definition) is 2. The zero-order valence-electron chi connectivity index (χ0n) is 7.66. The molecule has 0 aliphatic rings. The van der Waals surface area contributed by atoms with Crippen LogP contribution in [0.25, 0.3) is 0 Å². The van der Waals surface area contributed by atoms with Gasteiger partial charge in [-0.3, -0.25) is 9.69 Å². The Labute approximate surface area is 68.0 Å². The molecule has 0 aliphatic carbocycles. The Morgan fingerprint density at radius 1 is 1.45 bits per heavy atom. The topological polar surface area (TPSA) is 40.5 Å². The van der Waals surface area contributed by atoms with Crippen LogP contribution < -0.4 is 0 Å². The van der Waals surface area contributed by atoms with Gasteiger partial charge in [-0.25, -0.2) is 0 Å². The maximum Gasteiger partial charge on any atom is 0.317 e. The molecule has 0 amide bonds. The summed E-state index contributed by atoms with van der Waals surface area (Å²) in [5.74, 6) is -0.264. The number of nitrogens with zero attached hydrogens (tertiary/aromatic N) is 1. The third kappa shape index (κ3) is 3.98. The van der Waals surface area contributed by atoms with Crippen LogP contribution in [0.2, 0.25) is 0 Å². The van der Waals surface area contributed by atoms with Crippen LogP contribution >= 0.6 is 0 Å². The molecule has 0 radical (unpaired) electrons. The number of rotatable bonds is 4. The second-order valence-corrected chi connectivity index (χ2v) is 3.29. The van der Waals surface area contributed by atoms with Crippen molar-refractivity contribution in [3.05, 3.63) is 0 Å². The molecule has 1 N–H and O–H groups in total. The lowest BCUT2D eigenvalue weighted by Crippen LogP contribution is -2.36. The van der Waals surface area contributed by atoms with Crippen molar-refractivity contribution in [1.29, 1.82) is 0 Å². The molecule has 0 bridgehead atoms. The molecule has 11 heavy (non-hydrogen) atoms. The van der Waals surface area contributed by atoms with Crippen molar-refractivity contribution in [3.63, 3.8) is 0 Å². The summed E-state index contributed by atoms with van der Waals surface area (Å²) in [4.78, 5) is 12.1. The van der Waals surface area contributed by atoms with Gasteiger partial charge < -0.3 is 5.11 Å². The summed E-state index contributed by atoms with van der Waals surface area (Å²) in [6.45, 7) is 6.33. The normalized spacial score (nSPS) is 14.0. The van der Waals surface area contributed by atoms with E-state index in [1.807, 2.05) is 18.9 Å². The molecule has 0 aliphatic heterocycles. The molecule has 66 valence electrons. The molecule has 0 aromatic heterocycles. The van der Waals surface area contributed by atoms with Gasteiger partial charge in [0.15, 0.2) is 0 Å². The smallest absolute Gasteiger partial charge is 0.317 e. The Balaban J connectivity index is 3.82. The predicted octanol–water partition coefficient (Wildman–Crippen LogP) is 1.05. The summed E-state index contributed by atoms with van der Waals surface area (Å²) < 4.78 is 0. The van der Waals surface area contributed by atoms with Gasteiger partial charge in [0.25, 0.3) is 0 Å². The van der Waals surface area contributed by atoms with Crippen LogP contribution in [0.4, 0.5) is 0 Å². The zero-order valence-corrected chi connectivity index (χ0v) is 7.66. The summed E-state index contributed by atoms with van der Waals surface area (Å²) >= 11 is 0. The van der Waals surface area contributed by atoms with Crippen molar-refractivity contribution in [2.24, 2.45) is 5.92 Å². The van der Waals surface area contributed by atoms with E-state index >= 15 is 0 Å². The third-order valence-electron chi connectivity index (χ3n) is 2.04. The summed E-state index contributed by atoms with van der Waals surface area (Å²) in [6.07, 6.45) is 0. The lowest BCUT2D eigenvalue weighted by atomic mass is 10.1. The monoisotopic (exact) mass is 159 g/mol. The first-order chi connectivity index (χ1) is 4.95. The molecular formula is C8H17NO2. The third-order valence-corrected chi connectivity index (χ3v) is 2.04. The van der Waals surface area contributed by atoms with Crippen LogP contribution in [0, 0.1) is 5.92 Å². The highest BCUT2D eigenvalue weighted by Gasteiger charge is 2.14. The van der Waals surface area contributed by atoms with Crippen molar-refractivity contribution >= 4 is 5.97 Å². The number of carboxylic acids is 1. The molecule has 1 unspecified atom stereocenters. The molecule has 0 fully saturated rings. The Bertz CT molecular complexity index is 134. The minimum absolute atomic E-state index is 0.124. The molecule has 0 aromatic rings. The summed E-state index contributed by atoms with van der Waals surface area (Å²) in [5, 5.41) is 8.47. The average molecular weight is 159 g/mol. The van der Waals surface area contributed by atoms with Crippen molar-refractivity contribution in [3.8, 4) is 0 Å². The SMILES string of the molecule is CC(C)C(C)N(C)CC(=O)O. The van der Waals surface area contributed by atoms with Crippen LogP contribution in [0.15, 0.2) is 0 Å². The van der Waals surface area contributed by atoms with Gasteiger partial charge in [0, 0.05) is 6.04 Å². The van der Waals surface area contributed by atoms with E-state index < -0.39 is 5.97 Å². The fourth-order valence-corrected chi connectivity index (χ4v) is 0.866.